The highest BCUT2D eigenvalue weighted by atomic mass is 79.9. The van der Waals surface area contributed by atoms with Crippen molar-refractivity contribution >= 4 is 39.1 Å². The van der Waals surface area contributed by atoms with Crippen molar-refractivity contribution in [1.82, 2.24) is 0 Å². The summed E-state index contributed by atoms with van der Waals surface area (Å²) >= 11 is 3.44. The molecule has 164 valence electrons. The summed E-state index contributed by atoms with van der Waals surface area (Å²) in [7, 11) is 1.55. The lowest BCUT2D eigenvalue weighted by Gasteiger charge is -2.25. The van der Waals surface area contributed by atoms with Gasteiger partial charge in [0.1, 0.15) is 11.5 Å². The molecule has 0 radical (unpaired) electrons. The van der Waals surface area contributed by atoms with Crippen LogP contribution in [0.25, 0.3) is 5.76 Å². The smallest absolute Gasteiger partial charge is 0.300 e. The Morgan fingerprint density at radius 3 is 2.30 bits per heavy atom. The van der Waals surface area contributed by atoms with Gasteiger partial charge in [-0.1, -0.05) is 34.1 Å². The molecule has 0 aromatic heterocycles. The minimum Gasteiger partial charge on any atom is -0.507 e. The van der Waals surface area contributed by atoms with E-state index < -0.39 is 17.7 Å². The molecule has 1 heterocycles. The molecule has 1 aliphatic rings. The van der Waals surface area contributed by atoms with Crippen molar-refractivity contribution in [2.75, 3.05) is 12.0 Å². The first-order valence-corrected chi connectivity index (χ1v) is 10.9. The van der Waals surface area contributed by atoms with Crippen molar-refractivity contribution in [2.24, 2.45) is 0 Å². The number of benzene rings is 3. The molecule has 33 heavy (non-hydrogen) atoms. The third-order valence-electron chi connectivity index (χ3n) is 5.58. The monoisotopic (exact) mass is 502 g/mol. The zero-order valence-electron chi connectivity index (χ0n) is 17.9. The van der Waals surface area contributed by atoms with Gasteiger partial charge in [-0.3, -0.25) is 14.5 Å². The Balaban J connectivity index is 1.93. The number of aryl methyl sites for hydroxylation is 1. The number of ether oxygens (including phenoxy) is 1. The SMILES string of the molecule is COc1ccc(C2/C(=C(/O)c3ccc(Br)c(C)c3)C(=O)C(=O)N2c2ccc(C#N)cc2)cc1. The summed E-state index contributed by atoms with van der Waals surface area (Å²) < 4.78 is 6.10. The number of carbonyl (C=O) groups is 2. The van der Waals surface area contributed by atoms with E-state index in [2.05, 4.69) is 15.9 Å². The van der Waals surface area contributed by atoms with Gasteiger partial charge in [-0.15, -0.1) is 0 Å². The Morgan fingerprint density at radius 2 is 1.73 bits per heavy atom. The van der Waals surface area contributed by atoms with Gasteiger partial charge in [0.15, 0.2) is 0 Å². The quantitative estimate of drug-likeness (QED) is 0.298. The maximum absolute atomic E-state index is 13.2. The Bertz CT molecular complexity index is 1320. The second kappa shape index (κ2) is 8.93. The third-order valence-corrected chi connectivity index (χ3v) is 6.47. The predicted octanol–water partition coefficient (Wildman–Crippen LogP) is 5.26. The number of nitrogens with zero attached hydrogens (tertiary/aromatic N) is 2. The molecule has 7 heteroatoms. The lowest BCUT2D eigenvalue weighted by molar-refractivity contribution is -0.132. The summed E-state index contributed by atoms with van der Waals surface area (Å²) in [5, 5.41) is 20.3. The van der Waals surface area contributed by atoms with Gasteiger partial charge in [-0.25, -0.2) is 0 Å². The van der Waals surface area contributed by atoms with Gasteiger partial charge in [-0.2, -0.15) is 5.26 Å². The number of methoxy groups -OCH3 is 1. The molecule has 3 aromatic rings. The number of carbonyl (C=O) groups excluding carboxylic acids is 2. The molecule has 6 nitrogen and oxygen atoms in total. The van der Waals surface area contributed by atoms with Crippen LogP contribution in [-0.4, -0.2) is 23.9 Å². The van der Waals surface area contributed by atoms with E-state index >= 15 is 0 Å². The fourth-order valence-electron chi connectivity index (χ4n) is 3.84. The zero-order chi connectivity index (χ0) is 23.7. The topological polar surface area (TPSA) is 90.6 Å². The molecule has 0 saturated carbocycles. The van der Waals surface area contributed by atoms with Crippen LogP contribution in [0.15, 0.2) is 76.8 Å². The molecule has 4 rings (SSSR count). The van der Waals surface area contributed by atoms with Crippen molar-refractivity contribution in [3.8, 4) is 11.8 Å². The number of halogens is 1. The van der Waals surface area contributed by atoms with Gasteiger partial charge in [0.25, 0.3) is 11.7 Å². The van der Waals surface area contributed by atoms with E-state index in [0.29, 0.717) is 28.1 Å². The van der Waals surface area contributed by atoms with Crippen molar-refractivity contribution in [3.05, 3.63) is 99.0 Å². The van der Waals surface area contributed by atoms with E-state index in [-0.39, 0.29) is 11.3 Å². The fourth-order valence-corrected chi connectivity index (χ4v) is 4.09. The molecule has 1 unspecified atom stereocenters. The number of aliphatic hydroxyl groups is 1. The van der Waals surface area contributed by atoms with Crippen LogP contribution in [0.4, 0.5) is 5.69 Å². The first-order valence-electron chi connectivity index (χ1n) is 10.1. The molecule has 1 fully saturated rings. The number of aliphatic hydroxyl groups excluding tert-OH is 1. The van der Waals surface area contributed by atoms with E-state index in [1.165, 1.54) is 4.90 Å². The van der Waals surface area contributed by atoms with Gasteiger partial charge in [0, 0.05) is 15.7 Å². The molecule has 0 aliphatic carbocycles. The lowest BCUT2D eigenvalue weighted by Crippen LogP contribution is -2.29. The maximum atomic E-state index is 13.2. The Morgan fingerprint density at radius 1 is 1.06 bits per heavy atom. The van der Waals surface area contributed by atoms with Crippen LogP contribution in [0.2, 0.25) is 0 Å². The summed E-state index contributed by atoms with van der Waals surface area (Å²) in [6.45, 7) is 1.87. The molecule has 1 atom stereocenters. The highest BCUT2D eigenvalue weighted by Gasteiger charge is 2.47. The molecule has 1 amide bonds. The summed E-state index contributed by atoms with van der Waals surface area (Å²) in [5.41, 5.74) is 2.82. The third kappa shape index (κ3) is 4.01. The summed E-state index contributed by atoms with van der Waals surface area (Å²) in [5.74, 6) is -1.16. The van der Waals surface area contributed by atoms with Gasteiger partial charge in [0.05, 0.1) is 30.4 Å². The van der Waals surface area contributed by atoms with Crippen molar-refractivity contribution in [1.29, 1.82) is 5.26 Å². The number of anilines is 1. The largest absolute Gasteiger partial charge is 0.507 e. The van der Waals surface area contributed by atoms with Crippen molar-refractivity contribution in [3.63, 3.8) is 0 Å². The molecule has 1 aliphatic heterocycles. The summed E-state index contributed by atoms with van der Waals surface area (Å²) in [6, 6.07) is 19.8. The second-order valence-electron chi connectivity index (χ2n) is 7.56. The van der Waals surface area contributed by atoms with Crippen LogP contribution < -0.4 is 9.64 Å². The Hall–Kier alpha value is -3.89. The van der Waals surface area contributed by atoms with Crippen LogP contribution in [0, 0.1) is 18.3 Å². The van der Waals surface area contributed by atoms with Crippen LogP contribution >= 0.6 is 15.9 Å². The number of amides is 1. The zero-order valence-corrected chi connectivity index (χ0v) is 19.5. The molecular formula is C26H19BrN2O4. The van der Waals surface area contributed by atoms with E-state index in [1.54, 1.807) is 73.8 Å². The Labute approximate surface area is 199 Å². The highest BCUT2D eigenvalue weighted by molar-refractivity contribution is 9.10. The van der Waals surface area contributed by atoms with Crippen molar-refractivity contribution < 1.29 is 19.4 Å². The molecule has 1 saturated heterocycles. The average molecular weight is 503 g/mol. The number of rotatable bonds is 4. The van der Waals surface area contributed by atoms with Crippen LogP contribution in [-0.2, 0) is 9.59 Å². The summed E-state index contributed by atoms with van der Waals surface area (Å²) in [4.78, 5) is 27.7. The Kier molecular flexibility index (Phi) is 6.03. The number of Topliss-reactive ketones (excluding diaryl/α,β-unsaturated/α-hetero) is 1. The van der Waals surface area contributed by atoms with Gasteiger partial charge in [-0.05, 0) is 66.6 Å². The van der Waals surface area contributed by atoms with E-state index in [4.69, 9.17) is 10.00 Å². The van der Waals surface area contributed by atoms with Crippen molar-refractivity contribution in [2.45, 2.75) is 13.0 Å². The molecular weight excluding hydrogens is 484 g/mol. The van der Waals surface area contributed by atoms with Gasteiger partial charge in [0.2, 0.25) is 0 Å². The normalized spacial score (nSPS) is 17.2. The van der Waals surface area contributed by atoms with Crippen LogP contribution in [0.3, 0.4) is 0 Å². The van der Waals surface area contributed by atoms with Gasteiger partial charge < -0.3 is 9.84 Å². The molecule has 0 spiro atoms. The second-order valence-corrected chi connectivity index (χ2v) is 8.42. The van der Waals surface area contributed by atoms with E-state index in [9.17, 15) is 14.7 Å². The maximum Gasteiger partial charge on any atom is 0.300 e. The predicted molar refractivity (Wildman–Crippen MR) is 128 cm³/mol. The standard InChI is InChI=1S/C26H19BrN2O4/c1-15-13-18(7-12-21(15)27)24(30)22-23(17-5-10-20(33-2)11-6-17)29(26(32)25(22)31)19-8-3-16(14-28)4-9-19/h3-13,23,30H,1-2H3/b24-22-. The van der Waals surface area contributed by atoms with Gasteiger partial charge >= 0.3 is 0 Å². The van der Waals surface area contributed by atoms with Crippen LogP contribution in [0.1, 0.15) is 28.3 Å². The molecule has 0 bridgehead atoms. The summed E-state index contributed by atoms with van der Waals surface area (Å²) in [6.07, 6.45) is 0. The fraction of sp³-hybridized carbons (Fsp3) is 0.115. The molecule has 1 N–H and O–H groups in total. The minimum absolute atomic E-state index is 0.00347. The first-order chi connectivity index (χ1) is 15.8. The number of hydrogen-bond donors (Lipinski definition) is 1. The van der Waals surface area contributed by atoms with Crippen LogP contribution in [0.5, 0.6) is 5.75 Å². The van der Waals surface area contributed by atoms with E-state index in [1.807, 2.05) is 13.0 Å². The first kappa shape index (κ1) is 22.3. The average Bonchev–Trinajstić information content (AvgIpc) is 3.10. The number of hydrogen-bond acceptors (Lipinski definition) is 5. The lowest BCUT2D eigenvalue weighted by atomic mass is 9.94. The number of ketones is 1. The number of nitriles is 1. The van der Waals surface area contributed by atoms with E-state index in [0.717, 1.165) is 10.0 Å². The minimum atomic E-state index is -0.854. The highest BCUT2D eigenvalue weighted by Crippen LogP contribution is 2.42. The molecule has 3 aromatic carbocycles.